The van der Waals surface area contributed by atoms with Gasteiger partial charge in [-0.05, 0) is 12.8 Å². The Morgan fingerprint density at radius 1 is 1.09 bits per heavy atom. The monoisotopic (exact) mass is 490 g/mol. The zero-order valence-corrected chi connectivity index (χ0v) is 19.5. The molecule has 4 atom stereocenters. The summed E-state index contributed by atoms with van der Waals surface area (Å²) in [4.78, 5) is 59.2. The molecule has 0 spiro atoms. The van der Waals surface area contributed by atoms with E-state index in [-0.39, 0.29) is 24.2 Å². The molecular formula is C21H26N6O8. The van der Waals surface area contributed by atoms with Gasteiger partial charge in [0, 0.05) is 32.0 Å². The van der Waals surface area contributed by atoms with Crippen molar-refractivity contribution in [1.82, 2.24) is 19.5 Å². The number of ether oxygens (including phenoxy) is 4. The average Bonchev–Trinajstić information content (AvgIpc) is 3.52. The fourth-order valence-corrected chi connectivity index (χ4v) is 4.41. The molecule has 2 aromatic rings. The van der Waals surface area contributed by atoms with E-state index in [1.807, 2.05) is 0 Å². The van der Waals surface area contributed by atoms with E-state index in [0.29, 0.717) is 11.3 Å². The molecule has 2 aromatic heterocycles. The first-order valence-corrected chi connectivity index (χ1v) is 11.2. The van der Waals surface area contributed by atoms with Crippen molar-refractivity contribution in [3.8, 4) is 0 Å². The number of hydrogen-bond acceptors (Lipinski definition) is 13. The van der Waals surface area contributed by atoms with Crippen molar-refractivity contribution in [3.05, 3.63) is 11.2 Å². The Balaban J connectivity index is 1.74. The van der Waals surface area contributed by atoms with Crippen LogP contribution in [0.2, 0.25) is 0 Å². The molecule has 0 aromatic carbocycles. The van der Waals surface area contributed by atoms with Crippen molar-refractivity contribution in [1.29, 1.82) is 0 Å². The molecule has 1 aliphatic heterocycles. The Hall–Kier alpha value is -3.68. The van der Waals surface area contributed by atoms with Gasteiger partial charge in [0.2, 0.25) is 0 Å². The number of nitrogens with one attached hydrogen (secondary N) is 1. The summed E-state index contributed by atoms with van der Waals surface area (Å²) in [5.74, 6) is -1.81. The highest BCUT2D eigenvalue weighted by Crippen LogP contribution is 2.37. The number of carbonyl (C=O) groups excluding carboxylic acids is 3. The van der Waals surface area contributed by atoms with Crippen molar-refractivity contribution in [3.63, 3.8) is 0 Å². The molecule has 2 aliphatic rings. The van der Waals surface area contributed by atoms with Crippen molar-refractivity contribution in [2.45, 2.75) is 77.0 Å². The van der Waals surface area contributed by atoms with Gasteiger partial charge in [0.25, 0.3) is 5.95 Å². The molecule has 188 valence electrons. The standard InChI is InChI=1S/C21H26N6O8/c1-10(28)32-8-14-16(33-11(2)29)17(34-12(3)30)20(35-14)27-9-22-15-18(23-13-6-4-5-7-13)24-21(26-31)25-19(15)27/h9,13-14,16-17,20H,4-8H2,1-3H3,(H,23,24,25)/t14-,16-,17-,20-/m1/s1. The number of rotatable bonds is 8. The Morgan fingerprint density at radius 2 is 1.77 bits per heavy atom. The summed E-state index contributed by atoms with van der Waals surface area (Å²) in [7, 11) is 0. The predicted molar refractivity (Wildman–Crippen MR) is 118 cm³/mol. The summed E-state index contributed by atoms with van der Waals surface area (Å²) < 4.78 is 23.4. The minimum absolute atomic E-state index is 0.177. The first kappa shape index (κ1) is 24.4. The quantitative estimate of drug-likeness (QED) is 0.324. The zero-order valence-electron chi connectivity index (χ0n) is 19.5. The van der Waals surface area contributed by atoms with Crippen LogP contribution in [0.3, 0.4) is 0 Å². The minimum Gasteiger partial charge on any atom is -0.463 e. The van der Waals surface area contributed by atoms with Gasteiger partial charge in [-0.1, -0.05) is 12.8 Å². The van der Waals surface area contributed by atoms with Gasteiger partial charge < -0.3 is 24.3 Å². The lowest BCUT2D eigenvalue weighted by Crippen LogP contribution is -2.40. The summed E-state index contributed by atoms with van der Waals surface area (Å²) in [6.45, 7) is 3.38. The van der Waals surface area contributed by atoms with E-state index in [1.165, 1.54) is 31.7 Å². The molecule has 35 heavy (non-hydrogen) atoms. The molecule has 0 unspecified atom stereocenters. The van der Waals surface area contributed by atoms with Crippen LogP contribution < -0.4 is 5.32 Å². The highest BCUT2D eigenvalue weighted by atomic mass is 16.7. The van der Waals surface area contributed by atoms with Gasteiger partial charge in [0.05, 0.1) is 6.33 Å². The lowest BCUT2D eigenvalue weighted by atomic mass is 10.1. The second kappa shape index (κ2) is 10.3. The summed E-state index contributed by atoms with van der Waals surface area (Å²) in [6, 6.07) is 0.177. The van der Waals surface area contributed by atoms with Crippen LogP contribution >= 0.6 is 0 Å². The van der Waals surface area contributed by atoms with Crippen LogP contribution in [0.5, 0.6) is 0 Å². The smallest absolute Gasteiger partial charge is 0.303 e. The molecule has 3 heterocycles. The third kappa shape index (κ3) is 5.37. The van der Waals surface area contributed by atoms with Gasteiger partial charge in [-0.2, -0.15) is 9.97 Å². The number of nitrogens with zero attached hydrogens (tertiary/aromatic N) is 5. The van der Waals surface area contributed by atoms with E-state index in [9.17, 15) is 19.3 Å². The number of anilines is 1. The number of nitroso groups, excluding NO2 is 1. The summed E-state index contributed by atoms with van der Waals surface area (Å²) in [5, 5.41) is 6.19. The average molecular weight is 490 g/mol. The molecule has 1 aliphatic carbocycles. The van der Waals surface area contributed by atoms with Crippen LogP contribution in [0, 0.1) is 4.91 Å². The molecule has 14 nitrogen and oxygen atoms in total. The van der Waals surface area contributed by atoms with E-state index in [2.05, 4.69) is 25.4 Å². The number of carbonyl (C=O) groups is 3. The van der Waals surface area contributed by atoms with Gasteiger partial charge in [-0.3, -0.25) is 19.0 Å². The second-order valence-corrected chi connectivity index (χ2v) is 8.43. The second-order valence-electron chi connectivity index (χ2n) is 8.43. The van der Waals surface area contributed by atoms with Gasteiger partial charge >= 0.3 is 17.9 Å². The molecule has 0 bridgehead atoms. The Labute approximate surface area is 199 Å². The SMILES string of the molecule is CC(=O)OC[C@H]1O[C@@H](n2cnc3c(NC4CCCC4)nc(N=O)nc32)[C@H](OC(C)=O)[C@@H]1OC(C)=O. The molecule has 1 saturated carbocycles. The van der Waals surface area contributed by atoms with Crippen LogP contribution in [-0.2, 0) is 33.3 Å². The van der Waals surface area contributed by atoms with Crippen molar-refractivity contribution < 1.29 is 33.3 Å². The third-order valence-corrected chi connectivity index (χ3v) is 5.80. The first-order chi connectivity index (χ1) is 16.8. The van der Waals surface area contributed by atoms with Crippen molar-refractivity contribution in [2.24, 2.45) is 5.18 Å². The number of esters is 3. The highest BCUT2D eigenvalue weighted by molar-refractivity contribution is 5.84. The number of fused-ring (bicyclic) bond motifs is 1. The summed E-state index contributed by atoms with van der Waals surface area (Å²) >= 11 is 0. The van der Waals surface area contributed by atoms with E-state index < -0.39 is 42.4 Å². The van der Waals surface area contributed by atoms with Crippen molar-refractivity contribution in [2.75, 3.05) is 11.9 Å². The Morgan fingerprint density at radius 3 is 2.40 bits per heavy atom. The van der Waals surface area contributed by atoms with Crippen LogP contribution in [0.1, 0.15) is 52.7 Å². The first-order valence-electron chi connectivity index (χ1n) is 11.2. The highest BCUT2D eigenvalue weighted by Gasteiger charge is 2.51. The van der Waals surface area contributed by atoms with E-state index in [1.54, 1.807) is 0 Å². The van der Waals surface area contributed by atoms with E-state index >= 15 is 0 Å². The topological polar surface area (TPSA) is 173 Å². The molecule has 0 amide bonds. The maximum Gasteiger partial charge on any atom is 0.303 e. The minimum atomic E-state index is -1.12. The molecule has 1 saturated heterocycles. The summed E-state index contributed by atoms with van der Waals surface area (Å²) in [6.07, 6.45) is 1.26. The van der Waals surface area contributed by atoms with Crippen molar-refractivity contribution >= 4 is 40.8 Å². The molecule has 2 fully saturated rings. The fraction of sp³-hybridized carbons (Fsp3) is 0.619. The normalized spacial score (nSPS) is 24.3. The largest absolute Gasteiger partial charge is 0.463 e. The fourth-order valence-electron chi connectivity index (χ4n) is 4.41. The van der Waals surface area contributed by atoms with Crippen LogP contribution in [0.15, 0.2) is 11.5 Å². The van der Waals surface area contributed by atoms with Gasteiger partial charge in [0.15, 0.2) is 35.4 Å². The Bertz CT molecular complexity index is 1130. The van der Waals surface area contributed by atoms with Crippen LogP contribution in [-0.4, -0.2) is 68.4 Å². The zero-order chi connectivity index (χ0) is 25.1. The maximum atomic E-state index is 11.9. The molecule has 14 heteroatoms. The number of hydrogen-bond donors (Lipinski definition) is 1. The lowest BCUT2D eigenvalue weighted by Gasteiger charge is -2.23. The molecule has 1 N–H and O–H groups in total. The molecular weight excluding hydrogens is 464 g/mol. The maximum absolute atomic E-state index is 11.9. The van der Waals surface area contributed by atoms with Gasteiger partial charge in [-0.15, -0.1) is 4.91 Å². The van der Waals surface area contributed by atoms with Crippen LogP contribution in [0.4, 0.5) is 11.8 Å². The van der Waals surface area contributed by atoms with Gasteiger partial charge in [-0.25, -0.2) is 4.98 Å². The molecule has 0 radical (unpaired) electrons. The lowest BCUT2D eigenvalue weighted by molar-refractivity contribution is -0.166. The van der Waals surface area contributed by atoms with E-state index in [4.69, 9.17) is 18.9 Å². The molecule has 4 rings (SSSR count). The Kier molecular flexibility index (Phi) is 7.19. The number of aromatic nitrogens is 4. The number of imidazole rings is 1. The predicted octanol–water partition coefficient (Wildman–Crippen LogP) is 1.90. The van der Waals surface area contributed by atoms with Crippen LogP contribution in [0.25, 0.3) is 11.2 Å². The van der Waals surface area contributed by atoms with E-state index in [0.717, 1.165) is 25.7 Å². The summed E-state index contributed by atoms with van der Waals surface area (Å²) in [5.41, 5.74) is 0.564. The third-order valence-electron chi connectivity index (χ3n) is 5.80. The van der Waals surface area contributed by atoms with Gasteiger partial charge in [0.1, 0.15) is 12.7 Å².